The number of ether oxygens (including phenoxy) is 2. The van der Waals surface area contributed by atoms with Gasteiger partial charge in [0.25, 0.3) is 0 Å². The van der Waals surface area contributed by atoms with Gasteiger partial charge in [0.15, 0.2) is 11.5 Å². The van der Waals surface area contributed by atoms with Gasteiger partial charge in [-0.15, -0.1) is 0 Å². The van der Waals surface area contributed by atoms with Crippen LogP contribution in [0.15, 0.2) is 18.2 Å². The fraction of sp³-hybridized carbons (Fsp3) is 0.562. The molecule has 0 spiro atoms. The average molecular weight is 305 g/mol. The Balaban J connectivity index is 1.57. The van der Waals surface area contributed by atoms with E-state index >= 15 is 0 Å². The number of rotatable bonds is 3. The first-order valence-electron chi connectivity index (χ1n) is 7.94. The lowest BCUT2D eigenvalue weighted by atomic mass is 10.3. The van der Waals surface area contributed by atoms with Crippen molar-refractivity contribution in [3.8, 4) is 11.5 Å². The maximum Gasteiger partial charge on any atom is 0.321 e. The molecule has 0 bridgehead atoms. The molecule has 2 heterocycles. The van der Waals surface area contributed by atoms with Gasteiger partial charge in [-0.25, -0.2) is 4.79 Å². The maximum absolute atomic E-state index is 12.4. The van der Waals surface area contributed by atoms with E-state index in [-0.39, 0.29) is 12.8 Å². The molecule has 1 saturated heterocycles. The number of carbonyl (C=O) groups is 1. The highest BCUT2D eigenvalue weighted by molar-refractivity contribution is 5.89. The predicted molar refractivity (Wildman–Crippen MR) is 84.5 cm³/mol. The van der Waals surface area contributed by atoms with Crippen molar-refractivity contribution >= 4 is 11.7 Å². The third kappa shape index (κ3) is 3.44. The number of hydrogen-bond donors (Lipinski definition) is 1. The van der Waals surface area contributed by atoms with Crippen LogP contribution in [0.2, 0.25) is 0 Å². The highest BCUT2D eigenvalue weighted by Crippen LogP contribution is 2.34. The third-order valence-electron chi connectivity index (χ3n) is 4.04. The second kappa shape index (κ2) is 6.87. The predicted octanol–water partition coefficient (Wildman–Crippen LogP) is 2.36. The van der Waals surface area contributed by atoms with E-state index in [2.05, 4.69) is 17.1 Å². The topological polar surface area (TPSA) is 54.0 Å². The fourth-order valence-corrected chi connectivity index (χ4v) is 2.89. The van der Waals surface area contributed by atoms with Gasteiger partial charge in [0.2, 0.25) is 6.79 Å². The number of urea groups is 1. The van der Waals surface area contributed by atoms with Crippen LogP contribution in [-0.4, -0.2) is 55.3 Å². The minimum absolute atomic E-state index is 0.0442. The van der Waals surface area contributed by atoms with Crippen molar-refractivity contribution in [3.63, 3.8) is 0 Å². The Morgan fingerprint density at radius 2 is 2.05 bits per heavy atom. The summed E-state index contributed by atoms with van der Waals surface area (Å²) >= 11 is 0. The third-order valence-corrected chi connectivity index (χ3v) is 4.04. The van der Waals surface area contributed by atoms with Crippen molar-refractivity contribution in [1.82, 2.24) is 9.80 Å². The summed E-state index contributed by atoms with van der Waals surface area (Å²) in [5.74, 6) is 1.41. The van der Waals surface area contributed by atoms with Crippen LogP contribution >= 0.6 is 0 Å². The van der Waals surface area contributed by atoms with Crippen molar-refractivity contribution in [2.75, 3.05) is 44.8 Å². The molecule has 0 saturated carbocycles. The summed E-state index contributed by atoms with van der Waals surface area (Å²) in [6.45, 7) is 7.13. The molecule has 1 fully saturated rings. The number of hydrogen-bond acceptors (Lipinski definition) is 4. The van der Waals surface area contributed by atoms with Crippen LogP contribution in [0.5, 0.6) is 11.5 Å². The molecule has 0 unspecified atom stereocenters. The normalized spacial score (nSPS) is 18.1. The fourth-order valence-electron chi connectivity index (χ4n) is 2.89. The van der Waals surface area contributed by atoms with Crippen LogP contribution in [0.3, 0.4) is 0 Å². The summed E-state index contributed by atoms with van der Waals surface area (Å²) in [5.41, 5.74) is 0.740. The Bertz CT molecular complexity index is 535. The van der Waals surface area contributed by atoms with Crippen LogP contribution in [0, 0.1) is 0 Å². The monoisotopic (exact) mass is 305 g/mol. The van der Waals surface area contributed by atoms with Gasteiger partial charge < -0.3 is 24.6 Å². The van der Waals surface area contributed by atoms with Gasteiger partial charge in [0, 0.05) is 31.4 Å². The van der Waals surface area contributed by atoms with E-state index < -0.39 is 0 Å². The molecule has 1 N–H and O–H groups in total. The molecule has 6 heteroatoms. The zero-order valence-electron chi connectivity index (χ0n) is 13.0. The number of benzene rings is 1. The van der Waals surface area contributed by atoms with Gasteiger partial charge in [0.1, 0.15) is 0 Å². The quantitative estimate of drug-likeness (QED) is 0.931. The van der Waals surface area contributed by atoms with E-state index in [0.717, 1.165) is 57.0 Å². The Kier molecular flexibility index (Phi) is 4.68. The molecule has 0 radical (unpaired) electrons. The van der Waals surface area contributed by atoms with Crippen molar-refractivity contribution in [2.24, 2.45) is 0 Å². The molecule has 1 aromatic rings. The molecule has 2 amide bonds. The molecular formula is C16H23N3O3. The number of carbonyl (C=O) groups excluding carboxylic acids is 1. The molecule has 0 aliphatic carbocycles. The van der Waals surface area contributed by atoms with E-state index in [4.69, 9.17) is 9.47 Å². The lowest BCUT2D eigenvalue weighted by Gasteiger charge is -2.22. The largest absolute Gasteiger partial charge is 0.454 e. The maximum atomic E-state index is 12.4. The molecule has 0 atom stereocenters. The van der Waals surface area contributed by atoms with Gasteiger partial charge in [-0.3, -0.25) is 0 Å². The minimum Gasteiger partial charge on any atom is -0.454 e. The standard InChI is InChI=1S/C16H23N3O3/c1-2-6-18-7-3-8-19(10-9-18)16(20)17-13-4-5-14-15(11-13)22-12-21-14/h4-5,11H,2-3,6-10,12H2,1H3,(H,17,20). The number of nitrogens with one attached hydrogen (secondary N) is 1. The van der Waals surface area contributed by atoms with Crippen molar-refractivity contribution < 1.29 is 14.3 Å². The van der Waals surface area contributed by atoms with E-state index in [0.29, 0.717) is 5.75 Å². The van der Waals surface area contributed by atoms with Crippen molar-refractivity contribution in [2.45, 2.75) is 19.8 Å². The number of anilines is 1. The van der Waals surface area contributed by atoms with Crippen molar-refractivity contribution in [3.05, 3.63) is 18.2 Å². The van der Waals surface area contributed by atoms with Crippen LogP contribution in [0.25, 0.3) is 0 Å². The van der Waals surface area contributed by atoms with Gasteiger partial charge in [0.05, 0.1) is 0 Å². The molecule has 0 aromatic heterocycles. The van der Waals surface area contributed by atoms with Crippen LogP contribution in [0.1, 0.15) is 19.8 Å². The molecule has 3 rings (SSSR count). The summed E-state index contributed by atoms with van der Waals surface area (Å²) in [6.07, 6.45) is 2.18. The summed E-state index contributed by atoms with van der Waals surface area (Å²) < 4.78 is 10.6. The van der Waals surface area contributed by atoms with E-state index in [1.807, 2.05) is 17.0 Å². The van der Waals surface area contributed by atoms with Crippen LogP contribution in [-0.2, 0) is 0 Å². The van der Waals surface area contributed by atoms with E-state index in [1.54, 1.807) is 6.07 Å². The SMILES string of the molecule is CCCN1CCCN(C(=O)Nc2ccc3c(c2)OCO3)CC1. The Morgan fingerprint density at radius 3 is 2.91 bits per heavy atom. The molecule has 1 aromatic carbocycles. The summed E-state index contributed by atoms with van der Waals surface area (Å²) in [7, 11) is 0. The summed E-state index contributed by atoms with van der Waals surface area (Å²) in [5, 5.41) is 2.95. The molecular weight excluding hydrogens is 282 g/mol. The smallest absolute Gasteiger partial charge is 0.321 e. The second-order valence-corrected chi connectivity index (χ2v) is 5.68. The van der Waals surface area contributed by atoms with Gasteiger partial charge in [-0.1, -0.05) is 6.92 Å². The average Bonchev–Trinajstić information content (AvgIpc) is 2.85. The van der Waals surface area contributed by atoms with E-state index in [9.17, 15) is 4.79 Å². The van der Waals surface area contributed by atoms with Crippen LogP contribution in [0.4, 0.5) is 10.5 Å². The first kappa shape index (κ1) is 15.0. The van der Waals surface area contributed by atoms with Gasteiger partial charge >= 0.3 is 6.03 Å². The Labute approximate surface area is 131 Å². The first-order chi connectivity index (χ1) is 10.8. The molecule has 2 aliphatic rings. The highest BCUT2D eigenvalue weighted by Gasteiger charge is 2.20. The first-order valence-corrected chi connectivity index (χ1v) is 7.94. The molecule has 6 nitrogen and oxygen atoms in total. The van der Waals surface area contributed by atoms with E-state index in [1.165, 1.54) is 0 Å². The van der Waals surface area contributed by atoms with Gasteiger partial charge in [-0.05, 0) is 38.1 Å². The zero-order valence-corrected chi connectivity index (χ0v) is 13.0. The number of amides is 2. The lowest BCUT2D eigenvalue weighted by molar-refractivity contribution is 0.174. The van der Waals surface area contributed by atoms with Crippen LogP contribution < -0.4 is 14.8 Å². The number of nitrogens with zero attached hydrogens (tertiary/aromatic N) is 2. The summed E-state index contributed by atoms with van der Waals surface area (Å²) in [4.78, 5) is 16.7. The molecule has 22 heavy (non-hydrogen) atoms. The number of fused-ring (bicyclic) bond motifs is 1. The summed E-state index contributed by atoms with van der Waals surface area (Å²) in [6, 6.07) is 5.43. The highest BCUT2D eigenvalue weighted by atomic mass is 16.7. The van der Waals surface area contributed by atoms with Crippen molar-refractivity contribution in [1.29, 1.82) is 0 Å². The van der Waals surface area contributed by atoms with Gasteiger partial charge in [-0.2, -0.15) is 0 Å². The Morgan fingerprint density at radius 1 is 1.18 bits per heavy atom. The molecule has 120 valence electrons. The zero-order chi connectivity index (χ0) is 15.4. The Hall–Kier alpha value is -1.95. The minimum atomic E-state index is -0.0442. The lowest BCUT2D eigenvalue weighted by Crippen LogP contribution is -2.38. The molecule has 2 aliphatic heterocycles. The second-order valence-electron chi connectivity index (χ2n) is 5.68.